The van der Waals surface area contributed by atoms with Crippen LogP contribution in [0, 0.1) is 13.8 Å². The maximum atomic E-state index is 12.4. The number of halogens is 1. The fourth-order valence-electron chi connectivity index (χ4n) is 3.71. The van der Waals surface area contributed by atoms with Gasteiger partial charge in [0.1, 0.15) is 12.1 Å². The second-order valence-corrected chi connectivity index (χ2v) is 7.89. The number of amides is 1. The van der Waals surface area contributed by atoms with E-state index in [4.69, 9.17) is 16.3 Å². The molecule has 9 heteroatoms. The smallest absolute Gasteiger partial charge is 0.224 e. The van der Waals surface area contributed by atoms with Crippen molar-refractivity contribution in [2.45, 2.75) is 26.7 Å². The first kappa shape index (κ1) is 21.3. The van der Waals surface area contributed by atoms with Crippen LogP contribution >= 0.6 is 11.6 Å². The Morgan fingerprint density at radius 3 is 2.71 bits per heavy atom. The molecule has 1 amide bonds. The van der Waals surface area contributed by atoms with Crippen molar-refractivity contribution in [3.8, 4) is 5.82 Å². The number of ether oxygens (including phenoxy) is 1. The monoisotopic (exact) mass is 440 g/mol. The summed E-state index contributed by atoms with van der Waals surface area (Å²) < 4.78 is 7.25. The van der Waals surface area contributed by atoms with Crippen LogP contribution in [0.2, 0.25) is 5.02 Å². The van der Waals surface area contributed by atoms with E-state index < -0.39 is 0 Å². The fraction of sp³-hybridized carbons (Fsp3) is 0.364. The van der Waals surface area contributed by atoms with Gasteiger partial charge < -0.3 is 15.0 Å². The number of morpholine rings is 1. The molecule has 1 saturated heterocycles. The van der Waals surface area contributed by atoms with E-state index >= 15 is 0 Å². The van der Waals surface area contributed by atoms with E-state index in [0.29, 0.717) is 42.6 Å². The molecular formula is C22H25ClN6O2. The van der Waals surface area contributed by atoms with Crippen LogP contribution in [0.4, 0.5) is 11.5 Å². The number of benzene rings is 1. The van der Waals surface area contributed by atoms with Crippen LogP contribution < -0.4 is 10.2 Å². The van der Waals surface area contributed by atoms with E-state index in [1.54, 1.807) is 18.5 Å². The molecule has 2 aromatic heterocycles. The van der Waals surface area contributed by atoms with Crippen LogP contribution in [-0.2, 0) is 16.0 Å². The van der Waals surface area contributed by atoms with Crippen LogP contribution in [0.3, 0.4) is 0 Å². The van der Waals surface area contributed by atoms with Gasteiger partial charge in [-0.3, -0.25) is 4.79 Å². The van der Waals surface area contributed by atoms with Gasteiger partial charge in [-0.15, -0.1) is 0 Å². The minimum atomic E-state index is -0.0644. The third-order valence-corrected chi connectivity index (χ3v) is 5.58. The van der Waals surface area contributed by atoms with Crippen molar-refractivity contribution >= 4 is 29.0 Å². The van der Waals surface area contributed by atoms with Crippen molar-refractivity contribution in [2.75, 3.05) is 36.5 Å². The van der Waals surface area contributed by atoms with Crippen LogP contribution in [-0.4, -0.2) is 52.0 Å². The molecule has 1 aliphatic heterocycles. The highest BCUT2D eigenvalue weighted by Crippen LogP contribution is 2.21. The summed E-state index contributed by atoms with van der Waals surface area (Å²) in [6.45, 7) is 6.96. The Morgan fingerprint density at radius 1 is 1.16 bits per heavy atom. The van der Waals surface area contributed by atoms with E-state index in [1.807, 2.05) is 36.7 Å². The highest BCUT2D eigenvalue weighted by atomic mass is 35.5. The summed E-state index contributed by atoms with van der Waals surface area (Å²) in [7, 11) is 0. The second kappa shape index (κ2) is 9.45. The predicted octanol–water partition coefficient (Wildman–Crippen LogP) is 3.34. The molecule has 3 heterocycles. The van der Waals surface area contributed by atoms with Crippen LogP contribution in [0.1, 0.15) is 23.4 Å². The van der Waals surface area contributed by atoms with Crippen molar-refractivity contribution in [1.82, 2.24) is 19.7 Å². The summed E-state index contributed by atoms with van der Waals surface area (Å²) in [5.74, 6) is 1.51. The Kier molecular flexibility index (Phi) is 6.48. The molecule has 1 aliphatic rings. The van der Waals surface area contributed by atoms with Gasteiger partial charge in [-0.25, -0.2) is 14.6 Å². The highest BCUT2D eigenvalue weighted by molar-refractivity contribution is 6.30. The lowest BCUT2D eigenvalue weighted by atomic mass is 10.1. The zero-order chi connectivity index (χ0) is 21.8. The molecular weight excluding hydrogens is 416 g/mol. The minimum absolute atomic E-state index is 0.0644. The zero-order valence-electron chi connectivity index (χ0n) is 17.6. The number of aromatic nitrogens is 4. The summed E-state index contributed by atoms with van der Waals surface area (Å²) in [5, 5.41) is 8.15. The molecule has 0 unspecified atom stereocenters. The first-order chi connectivity index (χ1) is 15.0. The van der Waals surface area contributed by atoms with Crippen LogP contribution in [0.5, 0.6) is 0 Å². The maximum Gasteiger partial charge on any atom is 0.224 e. The SMILES string of the molecule is Cc1nn(-c2cc(N3CCOCC3)ncn2)c(C)c1CCC(=O)Nc1cccc(Cl)c1. The summed E-state index contributed by atoms with van der Waals surface area (Å²) in [6.07, 6.45) is 2.50. The second-order valence-electron chi connectivity index (χ2n) is 7.45. The van der Waals surface area contributed by atoms with Crippen molar-refractivity contribution in [3.05, 3.63) is 58.6 Å². The Morgan fingerprint density at radius 2 is 1.94 bits per heavy atom. The molecule has 31 heavy (non-hydrogen) atoms. The number of rotatable bonds is 6. The van der Waals surface area contributed by atoms with Gasteiger partial charge in [0.05, 0.1) is 18.9 Å². The number of anilines is 2. The van der Waals surface area contributed by atoms with E-state index in [1.165, 1.54) is 0 Å². The Balaban J connectivity index is 1.47. The number of aryl methyl sites for hydroxylation is 1. The molecule has 162 valence electrons. The third-order valence-electron chi connectivity index (χ3n) is 5.34. The molecule has 0 bridgehead atoms. The molecule has 0 atom stereocenters. The molecule has 3 aromatic rings. The van der Waals surface area contributed by atoms with Gasteiger partial charge in [0.2, 0.25) is 5.91 Å². The third kappa shape index (κ3) is 5.03. The summed E-state index contributed by atoms with van der Waals surface area (Å²) >= 11 is 5.98. The lowest BCUT2D eigenvalue weighted by Gasteiger charge is -2.27. The van der Waals surface area contributed by atoms with Crippen molar-refractivity contribution < 1.29 is 9.53 Å². The molecule has 0 spiro atoms. The Bertz CT molecular complexity index is 1080. The fourth-order valence-corrected chi connectivity index (χ4v) is 3.90. The number of carbonyl (C=O) groups is 1. The number of carbonyl (C=O) groups excluding carboxylic acids is 1. The predicted molar refractivity (Wildman–Crippen MR) is 120 cm³/mol. The topological polar surface area (TPSA) is 85.2 Å². The van der Waals surface area contributed by atoms with Gasteiger partial charge in [-0.05, 0) is 44.0 Å². The summed E-state index contributed by atoms with van der Waals surface area (Å²) in [4.78, 5) is 23.4. The Labute approximate surface area is 186 Å². The number of nitrogens with one attached hydrogen (secondary N) is 1. The highest BCUT2D eigenvalue weighted by Gasteiger charge is 2.18. The lowest BCUT2D eigenvalue weighted by Crippen LogP contribution is -2.36. The largest absolute Gasteiger partial charge is 0.378 e. The van der Waals surface area contributed by atoms with Gasteiger partial charge in [0.15, 0.2) is 5.82 Å². The molecule has 0 saturated carbocycles. The zero-order valence-corrected chi connectivity index (χ0v) is 18.4. The molecule has 1 N–H and O–H groups in total. The van der Waals surface area contributed by atoms with Gasteiger partial charge in [0.25, 0.3) is 0 Å². The molecule has 4 rings (SSSR count). The first-order valence-electron chi connectivity index (χ1n) is 10.3. The van der Waals surface area contributed by atoms with Gasteiger partial charge in [0, 0.05) is 42.0 Å². The molecule has 0 aliphatic carbocycles. The van der Waals surface area contributed by atoms with Gasteiger partial charge >= 0.3 is 0 Å². The van der Waals surface area contributed by atoms with Crippen molar-refractivity contribution in [3.63, 3.8) is 0 Å². The molecule has 0 radical (unpaired) electrons. The van der Waals surface area contributed by atoms with Crippen LogP contribution in [0.15, 0.2) is 36.7 Å². The quantitative estimate of drug-likeness (QED) is 0.632. The van der Waals surface area contributed by atoms with E-state index in [2.05, 4.69) is 25.3 Å². The minimum Gasteiger partial charge on any atom is -0.378 e. The van der Waals surface area contributed by atoms with E-state index in [9.17, 15) is 4.79 Å². The van der Waals surface area contributed by atoms with Gasteiger partial charge in [-0.1, -0.05) is 17.7 Å². The standard InChI is InChI=1S/C22H25ClN6O2/c1-15-19(6-7-22(30)26-18-5-3-4-17(23)12-18)16(2)29(27-15)21-13-20(24-14-25-21)28-8-10-31-11-9-28/h3-5,12-14H,6-11H2,1-2H3,(H,26,30). The first-order valence-corrected chi connectivity index (χ1v) is 10.6. The lowest BCUT2D eigenvalue weighted by molar-refractivity contribution is -0.116. The number of hydrogen-bond donors (Lipinski definition) is 1. The summed E-state index contributed by atoms with van der Waals surface area (Å²) in [6, 6.07) is 9.08. The van der Waals surface area contributed by atoms with Crippen molar-refractivity contribution in [1.29, 1.82) is 0 Å². The maximum absolute atomic E-state index is 12.4. The van der Waals surface area contributed by atoms with Gasteiger partial charge in [-0.2, -0.15) is 5.10 Å². The normalized spacial score (nSPS) is 14.0. The molecule has 8 nitrogen and oxygen atoms in total. The van der Waals surface area contributed by atoms with E-state index in [0.717, 1.165) is 35.9 Å². The Hall–Kier alpha value is -2.97. The molecule has 1 fully saturated rings. The number of hydrogen-bond acceptors (Lipinski definition) is 6. The van der Waals surface area contributed by atoms with Crippen LogP contribution in [0.25, 0.3) is 5.82 Å². The molecule has 1 aromatic carbocycles. The number of nitrogens with zero attached hydrogens (tertiary/aromatic N) is 5. The summed E-state index contributed by atoms with van der Waals surface area (Å²) in [5.41, 5.74) is 3.60. The average Bonchev–Trinajstić information content (AvgIpc) is 3.06. The van der Waals surface area contributed by atoms with E-state index in [-0.39, 0.29) is 5.91 Å². The average molecular weight is 441 g/mol. The van der Waals surface area contributed by atoms with Crippen molar-refractivity contribution in [2.24, 2.45) is 0 Å².